The normalized spacial score (nSPS) is 21.5. The lowest BCUT2D eigenvalue weighted by atomic mass is 10.1. The summed E-state index contributed by atoms with van der Waals surface area (Å²) in [5.74, 6) is 0.419. The molecule has 142 valence electrons. The molecule has 8 heteroatoms. The molecule has 26 heavy (non-hydrogen) atoms. The lowest BCUT2D eigenvalue weighted by Gasteiger charge is -2.23. The van der Waals surface area contributed by atoms with Crippen molar-refractivity contribution < 1.29 is 8.42 Å². The van der Waals surface area contributed by atoms with E-state index in [1.165, 1.54) is 11.3 Å². The molecule has 1 unspecified atom stereocenters. The molecule has 1 fully saturated rings. The summed E-state index contributed by atoms with van der Waals surface area (Å²) >= 11 is 0. The number of aromatic nitrogens is 3. The number of hydrogen-bond donors (Lipinski definition) is 1. The maximum absolute atomic E-state index is 12.0. The average Bonchev–Trinajstić information content (AvgIpc) is 3.29. The van der Waals surface area contributed by atoms with Gasteiger partial charge in [0.15, 0.2) is 0 Å². The zero-order chi connectivity index (χ0) is 18.1. The number of nitrogens with one attached hydrogen (secondary N) is 1. The SMILES string of the molecule is Cn1cc(CN2Cc3cccn3CC(CCNS(=O)(=O)C3CC3)C2)cn1. The van der Waals surface area contributed by atoms with E-state index in [1.54, 1.807) is 0 Å². The van der Waals surface area contributed by atoms with Gasteiger partial charge in [-0.3, -0.25) is 9.58 Å². The molecule has 1 aliphatic carbocycles. The van der Waals surface area contributed by atoms with Gasteiger partial charge in [-0.25, -0.2) is 13.1 Å². The van der Waals surface area contributed by atoms with Crippen LogP contribution < -0.4 is 4.72 Å². The minimum absolute atomic E-state index is 0.144. The van der Waals surface area contributed by atoms with E-state index in [9.17, 15) is 8.42 Å². The van der Waals surface area contributed by atoms with Crippen molar-refractivity contribution in [2.75, 3.05) is 13.1 Å². The number of hydrogen-bond acceptors (Lipinski definition) is 4. The van der Waals surface area contributed by atoms with Crippen molar-refractivity contribution in [3.8, 4) is 0 Å². The van der Waals surface area contributed by atoms with Crippen molar-refractivity contribution in [3.63, 3.8) is 0 Å². The highest BCUT2D eigenvalue weighted by atomic mass is 32.2. The van der Waals surface area contributed by atoms with Crippen LogP contribution in [0, 0.1) is 5.92 Å². The highest BCUT2D eigenvalue weighted by Gasteiger charge is 2.35. The van der Waals surface area contributed by atoms with Crippen LogP contribution in [0.15, 0.2) is 30.7 Å². The van der Waals surface area contributed by atoms with Gasteiger partial charge >= 0.3 is 0 Å². The van der Waals surface area contributed by atoms with E-state index in [0.29, 0.717) is 12.5 Å². The highest BCUT2D eigenvalue weighted by Crippen LogP contribution is 2.27. The Balaban J connectivity index is 1.40. The maximum Gasteiger partial charge on any atom is 0.214 e. The Morgan fingerprint density at radius 1 is 1.31 bits per heavy atom. The molecular formula is C18H27N5O2S. The zero-order valence-electron chi connectivity index (χ0n) is 15.2. The second kappa shape index (κ2) is 7.17. The molecule has 7 nitrogen and oxygen atoms in total. The fourth-order valence-corrected chi connectivity index (χ4v) is 5.18. The summed E-state index contributed by atoms with van der Waals surface area (Å²) in [5.41, 5.74) is 2.52. The summed E-state index contributed by atoms with van der Waals surface area (Å²) < 4.78 is 31.0. The largest absolute Gasteiger partial charge is 0.350 e. The Kier molecular flexibility index (Phi) is 4.90. The van der Waals surface area contributed by atoms with Gasteiger partial charge in [-0.1, -0.05) is 0 Å². The first-order valence-electron chi connectivity index (χ1n) is 9.32. The molecule has 1 N–H and O–H groups in total. The lowest BCUT2D eigenvalue weighted by Crippen LogP contribution is -2.32. The Morgan fingerprint density at radius 2 is 2.15 bits per heavy atom. The van der Waals surface area contributed by atoms with E-state index in [0.717, 1.165) is 45.4 Å². The fraction of sp³-hybridized carbons (Fsp3) is 0.611. The van der Waals surface area contributed by atoms with Crippen LogP contribution in [0.4, 0.5) is 0 Å². The number of sulfonamides is 1. The molecule has 0 aromatic carbocycles. The molecule has 0 spiro atoms. The van der Waals surface area contributed by atoms with Gasteiger partial charge in [-0.05, 0) is 37.3 Å². The molecule has 1 aliphatic heterocycles. The molecular weight excluding hydrogens is 350 g/mol. The van der Waals surface area contributed by atoms with Crippen LogP contribution in [0.3, 0.4) is 0 Å². The van der Waals surface area contributed by atoms with Gasteiger partial charge in [0.2, 0.25) is 10.0 Å². The van der Waals surface area contributed by atoms with E-state index < -0.39 is 10.0 Å². The zero-order valence-corrected chi connectivity index (χ0v) is 16.0. The number of aryl methyl sites for hydroxylation is 1. The van der Waals surface area contributed by atoms with Gasteiger partial charge in [-0.15, -0.1) is 0 Å². The molecule has 1 atom stereocenters. The Morgan fingerprint density at radius 3 is 2.88 bits per heavy atom. The maximum atomic E-state index is 12.0. The van der Waals surface area contributed by atoms with Gasteiger partial charge in [-0.2, -0.15) is 5.10 Å². The summed E-state index contributed by atoms with van der Waals surface area (Å²) in [7, 11) is -1.15. The second-order valence-corrected chi connectivity index (χ2v) is 9.68. The summed E-state index contributed by atoms with van der Waals surface area (Å²) in [4.78, 5) is 2.44. The highest BCUT2D eigenvalue weighted by molar-refractivity contribution is 7.90. The summed E-state index contributed by atoms with van der Waals surface area (Å²) in [6.07, 6.45) is 8.58. The average molecular weight is 378 g/mol. The molecule has 0 radical (unpaired) electrons. The van der Waals surface area contributed by atoms with Gasteiger partial charge in [0, 0.05) is 63.4 Å². The molecule has 0 bridgehead atoms. The summed E-state index contributed by atoms with van der Waals surface area (Å²) in [5, 5.41) is 4.12. The van der Waals surface area contributed by atoms with E-state index in [-0.39, 0.29) is 5.25 Å². The molecule has 2 aliphatic rings. The standard InChI is InChI=1S/C18H27N5O2S/c1-21-10-16(9-19-21)12-22-11-15(13-23-8-2-3-17(23)14-22)6-7-20-26(24,25)18-4-5-18/h2-3,8-10,15,18,20H,4-7,11-14H2,1H3. The Hall–Kier alpha value is -1.64. The van der Waals surface area contributed by atoms with Gasteiger partial charge in [0.25, 0.3) is 0 Å². The number of rotatable bonds is 7. The molecule has 0 saturated heterocycles. The van der Waals surface area contributed by atoms with Crippen LogP contribution in [0.5, 0.6) is 0 Å². The first-order valence-corrected chi connectivity index (χ1v) is 10.9. The number of fused-ring (bicyclic) bond motifs is 1. The van der Waals surface area contributed by atoms with Crippen molar-refractivity contribution in [3.05, 3.63) is 42.0 Å². The van der Waals surface area contributed by atoms with Gasteiger partial charge in [0.1, 0.15) is 0 Å². The molecule has 0 amide bonds. The van der Waals surface area contributed by atoms with Crippen molar-refractivity contribution in [1.82, 2.24) is 24.0 Å². The van der Waals surface area contributed by atoms with Gasteiger partial charge in [0.05, 0.1) is 11.4 Å². The monoisotopic (exact) mass is 377 g/mol. The van der Waals surface area contributed by atoms with E-state index in [4.69, 9.17) is 0 Å². The first kappa shape index (κ1) is 17.8. The second-order valence-electron chi connectivity index (χ2n) is 7.64. The van der Waals surface area contributed by atoms with Crippen LogP contribution >= 0.6 is 0 Å². The van der Waals surface area contributed by atoms with Crippen LogP contribution in [0.1, 0.15) is 30.5 Å². The van der Waals surface area contributed by atoms with Crippen LogP contribution in [0.2, 0.25) is 0 Å². The van der Waals surface area contributed by atoms with Gasteiger partial charge < -0.3 is 4.57 Å². The topological polar surface area (TPSA) is 72.2 Å². The van der Waals surface area contributed by atoms with Crippen molar-refractivity contribution in [1.29, 1.82) is 0 Å². The fourth-order valence-electron chi connectivity index (χ4n) is 3.78. The molecule has 1 saturated carbocycles. The molecule has 2 aromatic heterocycles. The Labute approximate surface area is 155 Å². The molecule has 4 rings (SSSR count). The number of nitrogens with zero attached hydrogens (tertiary/aromatic N) is 4. The smallest absolute Gasteiger partial charge is 0.214 e. The summed E-state index contributed by atoms with van der Waals surface area (Å²) in [6, 6.07) is 4.27. The minimum atomic E-state index is -3.09. The van der Waals surface area contributed by atoms with E-state index in [1.807, 2.05) is 17.9 Å². The van der Waals surface area contributed by atoms with Crippen molar-refractivity contribution in [2.24, 2.45) is 13.0 Å². The van der Waals surface area contributed by atoms with E-state index >= 15 is 0 Å². The third kappa shape index (κ3) is 4.19. The third-order valence-corrected chi connectivity index (χ3v) is 7.22. The summed E-state index contributed by atoms with van der Waals surface area (Å²) in [6.45, 7) is 4.20. The van der Waals surface area contributed by atoms with Crippen LogP contribution in [-0.2, 0) is 36.7 Å². The van der Waals surface area contributed by atoms with Crippen molar-refractivity contribution in [2.45, 2.75) is 44.1 Å². The molecule has 3 heterocycles. The predicted molar refractivity (Wildman–Crippen MR) is 99.8 cm³/mol. The third-order valence-electron chi connectivity index (χ3n) is 5.26. The predicted octanol–water partition coefficient (Wildman–Crippen LogP) is 1.33. The Bertz CT molecular complexity index is 853. The quantitative estimate of drug-likeness (QED) is 0.790. The first-order chi connectivity index (χ1) is 12.5. The van der Waals surface area contributed by atoms with E-state index in [2.05, 4.69) is 43.8 Å². The lowest BCUT2D eigenvalue weighted by molar-refractivity contribution is 0.216. The van der Waals surface area contributed by atoms with Crippen molar-refractivity contribution >= 4 is 10.0 Å². The molecule has 2 aromatic rings. The van der Waals surface area contributed by atoms with Crippen LogP contribution in [0.25, 0.3) is 0 Å². The minimum Gasteiger partial charge on any atom is -0.350 e. The van der Waals surface area contributed by atoms with Crippen LogP contribution in [-0.4, -0.2) is 46.0 Å².